The number of hydrogen-bond donors (Lipinski definition) is 1. The predicted molar refractivity (Wildman–Crippen MR) is 64.6 cm³/mol. The minimum Gasteiger partial charge on any atom is -0.314 e. The van der Waals surface area contributed by atoms with E-state index >= 15 is 0 Å². The van der Waals surface area contributed by atoms with E-state index in [-0.39, 0.29) is 23.7 Å². The molecule has 1 aromatic rings. The van der Waals surface area contributed by atoms with E-state index in [4.69, 9.17) is 11.6 Å². The van der Waals surface area contributed by atoms with E-state index in [9.17, 15) is 17.6 Å². The van der Waals surface area contributed by atoms with Gasteiger partial charge in [0.2, 0.25) is 0 Å². The lowest BCUT2D eigenvalue weighted by atomic mass is 10.0. The van der Waals surface area contributed by atoms with E-state index in [1.807, 2.05) is 0 Å². The number of nitrogens with zero attached hydrogens (tertiary/aromatic N) is 1. The fourth-order valence-electron chi connectivity index (χ4n) is 2.23. The first-order chi connectivity index (χ1) is 8.89. The Kier molecular flexibility index (Phi) is 4.32. The summed E-state index contributed by atoms with van der Waals surface area (Å²) in [4.78, 5) is 1.30. The lowest BCUT2D eigenvalue weighted by Gasteiger charge is -2.36. The first-order valence-corrected chi connectivity index (χ1v) is 6.24. The standard InChI is InChI=1S/C12H13ClF4N2/c13-9-2-1-8(7-10(9)14)11(12(15,16)17)19-5-3-18-4-6-19/h1-2,7,11,18H,3-6H2/t11-/m0/s1. The SMILES string of the molecule is Fc1cc([C@H](N2CCNCC2)C(F)(F)F)ccc1Cl. The van der Waals surface area contributed by atoms with Crippen LogP contribution in [0.4, 0.5) is 17.6 Å². The van der Waals surface area contributed by atoms with E-state index in [1.165, 1.54) is 11.0 Å². The van der Waals surface area contributed by atoms with Gasteiger partial charge in [-0.1, -0.05) is 17.7 Å². The third-order valence-electron chi connectivity index (χ3n) is 3.09. The van der Waals surface area contributed by atoms with Gasteiger partial charge in [-0.25, -0.2) is 4.39 Å². The van der Waals surface area contributed by atoms with Crippen molar-refractivity contribution in [2.75, 3.05) is 26.2 Å². The summed E-state index contributed by atoms with van der Waals surface area (Å²) in [6.45, 7) is 1.52. The molecular formula is C12H13ClF4N2. The minimum absolute atomic E-state index is 0.115. The normalized spacial score (nSPS) is 19.4. The summed E-state index contributed by atoms with van der Waals surface area (Å²) < 4.78 is 53.0. The largest absolute Gasteiger partial charge is 0.408 e. The smallest absolute Gasteiger partial charge is 0.314 e. The zero-order valence-corrected chi connectivity index (χ0v) is 10.7. The van der Waals surface area contributed by atoms with Gasteiger partial charge in [0.15, 0.2) is 0 Å². The van der Waals surface area contributed by atoms with Crippen LogP contribution in [0.5, 0.6) is 0 Å². The molecule has 1 aromatic carbocycles. The summed E-state index contributed by atoms with van der Waals surface area (Å²) in [6.07, 6.45) is -4.45. The molecule has 1 aliphatic heterocycles. The monoisotopic (exact) mass is 296 g/mol. The molecule has 1 heterocycles. The summed E-state index contributed by atoms with van der Waals surface area (Å²) in [5.74, 6) is -0.830. The van der Waals surface area contributed by atoms with Crippen LogP contribution in [-0.4, -0.2) is 37.3 Å². The number of halogens is 5. The van der Waals surface area contributed by atoms with Crippen LogP contribution < -0.4 is 5.32 Å². The van der Waals surface area contributed by atoms with Gasteiger partial charge in [0.1, 0.15) is 11.9 Å². The number of hydrogen-bond acceptors (Lipinski definition) is 2. The van der Waals surface area contributed by atoms with Gasteiger partial charge in [0.25, 0.3) is 0 Å². The van der Waals surface area contributed by atoms with Crippen molar-refractivity contribution in [3.8, 4) is 0 Å². The van der Waals surface area contributed by atoms with Gasteiger partial charge in [-0.2, -0.15) is 13.2 Å². The Labute approximate surface area is 113 Å². The van der Waals surface area contributed by atoms with Gasteiger partial charge in [0.05, 0.1) is 5.02 Å². The summed E-state index contributed by atoms with van der Waals surface area (Å²) in [5, 5.41) is 2.81. The van der Waals surface area contributed by atoms with Crippen LogP contribution in [-0.2, 0) is 0 Å². The van der Waals surface area contributed by atoms with E-state index < -0.39 is 18.0 Å². The molecule has 0 bridgehead atoms. The highest BCUT2D eigenvalue weighted by molar-refractivity contribution is 6.30. The number of piperazine rings is 1. The molecule has 0 radical (unpaired) electrons. The molecule has 7 heteroatoms. The zero-order valence-electron chi connectivity index (χ0n) is 9.97. The Hall–Kier alpha value is -0.850. The molecule has 1 atom stereocenters. The van der Waals surface area contributed by atoms with E-state index in [2.05, 4.69) is 5.32 Å². The fourth-order valence-corrected chi connectivity index (χ4v) is 2.35. The van der Waals surface area contributed by atoms with Crippen LogP contribution in [0.25, 0.3) is 0 Å². The van der Waals surface area contributed by atoms with Crippen LogP contribution in [0.1, 0.15) is 11.6 Å². The Balaban J connectivity index is 2.33. The number of rotatable bonds is 2. The van der Waals surface area contributed by atoms with Crippen LogP contribution in [0, 0.1) is 5.82 Å². The first-order valence-electron chi connectivity index (χ1n) is 5.86. The summed E-state index contributed by atoms with van der Waals surface area (Å²) in [6, 6.07) is 1.46. The van der Waals surface area contributed by atoms with Crippen molar-refractivity contribution in [3.63, 3.8) is 0 Å². The molecule has 1 N–H and O–H groups in total. The Morgan fingerprint density at radius 1 is 1.21 bits per heavy atom. The van der Waals surface area contributed by atoms with Crippen molar-refractivity contribution < 1.29 is 17.6 Å². The number of alkyl halides is 3. The van der Waals surface area contributed by atoms with Gasteiger partial charge in [-0.15, -0.1) is 0 Å². The topological polar surface area (TPSA) is 15.3 Å². The average Bonchev–Trinajstić information content (AvgIpc) is 2.34. The van der Waals surface area contributed by atoms with Crippen molar-refractivity contribution in [3.05, 3.63) is 34.6 Å². The van der Waals surface area contributed by atoms with Crippen LogP contribution in [0.2, 0.25) is 5.02 Å². The molecule has 106 valence electrons. The molecule has 0 spiro atoms. The second-order valence-corrected chi connectivity index (χ2v) is 4.81. The summed E-state index contributed by atoms with van der Waals surface area (Å²) in [7, 11) is 0. The van der Waals surface area contributed by atoms with Gasteiger partial charge >= 0.3 is 6.18 Å². The molecular weight excluding hydrogens is 284 g/mol. The molecule has 0 saturated carbocycles. The van der Waals surface area contributed by atoms with Gasteiger partial charge in [-0.3, -0.25) is 4.90 Å². The molecule has 0 unspecified atom stereocenters. The van der Waals surface area contributed by atoms with Crippen LogP contribution in [0.3, 0.4) is 0 Å². The van der Waals surface area contributed by atoms with Crippen LogP contribution >= 0.6 is 11.6 Å². The lowest BCUT2D eigenvalue weighted by Crippen LogP contribution is -2.49. The van der Waals surface area contributed by atoms with E-state index in [1.54, 1.807) is 0 Å². The Morgan fingerprint density at radius 3 is 2.37 bits per heavy atom. The van der Waals surface area contributed by atoms with Gasteiger partial charge in [0, 0.05) is 26.2 Å². The highest BCUT2D eigenvalue weighted by Gasteiger charge is 2.45. The molecule has 2 rings (SSSR count). The number of nitrogens with one attached hydrogen (secondary N) is 1. The van der Waals surface area contributed by atoms with Crippen molar-refractivity contribution in [2.45, 2.75) is 12.2 Å². The predicted octanol–water partition coefficient (Wildman–Crippen LogP) is 2.99. The molecule has 0 aliphatic carbocycles. The maximum Gasteiger partial charge on any atom is 0.408 e. The third-order valence-corrected chi connectivity index (χ3v) is 3.39. The molecule has 0 aromatic heterocycles. The second kappa shape index (κ2) is 5.64. The van der Waals surface area contributed by atoms with Crippen molar-refractivity contribution in [1.82, 2.24) is 10.2 Å². The van der Waals surface area contributed by atoms with Crippen molar-refractivity contribution >= 4 is 11.6 Å². The van der Waals surface area contributed by atoms with Crippen LogP contribution in [0.15, 0.2) is 18.2 Å². The summed E-state index contributed by atoms with van der Waals surface area (Å²) >= 11 is 5.51. The second-order valence-electron chi connectivity index (χ2n) is 4.40. The van der Waals surface area contributed by atoms with Crippen molar-refractivity contribution in [2.24, 2.45) is 0 Å². The zero-order chi connectivity index (χ0) is 14.0. The maximum absolute atomic E-state index is 13.4. The van der Waals surface area contributed by atoms with E-state index in [0.29, 0.717) is 13.1 Å². The third kappa shape index (κ3) is 3.38. The van der Waals surface area contributed by atoms with Gasteiger partial charge < -0.3 is 5.32 Å². The Bertz CT molecular complexity index is 444. The highest BCUT2D eigenvalue weighted by Crippen LogP contribution is 2.38. The molecule has 1 aliphatic rings. The van der Waals surface area contributed by atoms with Crippen molar-refractivity contribution in [1.29, 1.82) is 0 Å². The number of benzene rings is 1. The first kappa shape index (κ1) is 14.6. The average molecular weight is 297 g/mol. The lowest BCUT2D eigenvalue weighted by molar-refractivity contribution is -0.187. The summed E-state index contributed by atoms with van der Waals surface area (Å²) in [5.41, 5.74) is -0.115. The molecule has 0 amide bonds. The Morgan fingerprint density at radius 2 is 1.84 bits per heavy atom. The quantitative estimate of drug-likeness (QED) is 0.844. The maximum atomic E-state index is 13.4. The molecule has 1 saturated heterocycles. The highest BCUT2D eigenvalue weighted by atomic mass is 35.5. The fraction of sp³-hybridized carbons (Fsp3) is 0.500. The van der Waals surface area contributed by atoms with Gasteiger partial charge in [-0.05, 0) is 17.7 Å². The molecule has 2 nitrogen and oxygen atoms in total. The molecule has 1 fully saturated rings. The van der Waals surface area contributed by atoms with E-state index in [0.717, 1.165) is 12.1 Å². The molecule has 19 heavy (non-hydrogen) atoms. The minimum atomic E-state index is -4.45.